The van der Waals surface area contributed by atoms with Crippen LogP contribution in [0.3, 0.4) is 0 Å². The van der Waals surface area contributed by atoms with E-state index in [1.807, 2.05) is 0 Å². The van der Waals surface area contributed by atoms with Gasteiger partial charge in [-0.25, -0.2) is 8.42 Å². The summed E-state index contributed by atoms with van der Waals surface area (Å²) < 4.78 is 32.5. The van der Waals surface area contributed by atoms with Crippen molar-refractivity contribution in [2.75, 3.05) is 25.5 Å². The third-order valence-electron chi connectivity index (χ3n) is 3.90. The molecule has 1 aromatic carbocycles. The standard InChI is InChI=1S/C14H20N2O3S/c15-12-1-5-14(6-2-12)20(17,18)16(13-3-4-13)9-11-7-8-19-10-11/h1-2,5-6,11,13H,3-4,7-10,15H2. The fourth-order valence-electron chi connectivity index (χ4n) is 2.56. The summed E-state index contributed by atoms with van der Waals surface area (Å²) in [6, 6.07) is 6.61. The van der Waals surface area contributed by atoms with Crippen LogP contribution in [-0.4, -0.2) is 38.5 Å². The van der Waals surface area contributed by atoms with E-state index in [1.54, 1.807) is 28.6 Å². The number of hydrogen-bond donors (Lipinski definition) is 1. The molecule has 2 aliphatic rings. The minimum absolute atomic E-state index is 0.165. The van der Waals surface area contributed by atoms with Crippen LogP contribution in [-0.2, 0) is 14.8 Å². The van der Waals surface area contributed by atoms with Crippen LogP contribution in [0.1, 0.15) is 19.3 Å². The Bertz CT molecular complexity index is 561. The lowest BCUT2D eigenvalue weighted by Gasteiger charge is -2.24. The van der Waals surface area contributed by atoms with Crippen LogP contribution in [0.2, 0.25) is 0 Å². The molecular formula is C14H20N2O3S. The molecule has 1 aromatic rings. The van der Waals surface area contributed by atoms with Crippen molar-refractivity contribution in [2.24, 2.45) is 5.92 Å². The van der Waals surface area contributed by atoms with Crippen LogP contribution in [0.15, 0.2) is 29.2 Å². The topological polar surface area (TPSA) is 72.6 Å². The van der Waals surface area contributed by atoms with Gasteiger partial charge < -0.3 is 10.5 Å². The van der Waals surface area contributed by atoms with Gasteiger partial charge in [-0.05, 0) is 49.4 Å². The first-order valence-corrected chi connectivity index (χ1v) is 8.46. The highest BCUT2D eigenvalue weighted by Crippen LogP contribution is 2.33. The molecule has 1 atom stereocenters. The Balaban J connectivity index is 1.83. The maximum Gasteiger partial charge on any atom is 0.243 e. The Hall–Kier alpha value is -1.11. The molecule has 6 heteroatoms. The van der Waals surface area contributed by atoms with E-state index in [0.717, 1.165) is 25.9 Å². The molecule has 1 unspecified atom stereocenters. The average molecular weight is 296 g/mol. The van der Waals surface area contributed by atoms with Gasteiger partial charge in [0.05, 0.1) is 11.5 Å². The molecule has 1 saturated carbocycles. The van der Waals surface area contributed by atoms with Crippen molar-refractivity contribution in [1.29, 1.82) is 0 Å². The van der Waals surface area contributed by atoms with Crippen molar-refractivity contribution in [3.63, 3.8) is 0 Å². The number of anilines is 1. The predicted molar refractivity (Wildman–Crippen MR) is 76.7 cm³/mol. The molecule has 1 saturated heterocycles. The Morgan fingerprint density at radius 1 is 1.20 bits per heavy atom. The van der Waals surface area contributed by atoms with Crippen LogP contribution in [0.25, 0.3) is 0 Å². The zero-order chi connectivity index (χ0) is 14.2. The van der Waals surface area contributed by atoms with Gasteiger partial charge in [-0.3, -0.25) is 0 Å². The van der Waals surface area contributed by atoms with Crippen LogP contribution in [0.5, 0.6) is 0 Å². The lowest BCUT2D eigenvalue weighted by Crippen LogP contribution is -2.37. The number of nitrogens with two attached hydrogens (primary N) is 1. The van der Waals surface area contributed by atoms with Gasteiger partial charge in [0.2, 0.25) is 10.0 Å². The van der Waals surface area contributed by atoms with Gasteiger partial charge >= 0.3 is 0 Å². The van der Waals surface area contributed by atoms with Crippen molar-refractivity contribution in [2.45, 2.75) is 30.2 Å². The number of rotatable bonds is 5. The number of sulfonamides is 1. The minimum atomic E-state index is -3.42. The van der Waals surface area contributed by atoms with Gasteiger partial charge in [-0.15, -0.1) is 0 Å². The highest BCUT2D eigenvalue weighted by Gasteiger charge is 2.39. The number of benzene rings is 1. The van der Waals surface area contributed by atoms with Crippen LogP contribution in [0, 0.1) is 5.92 Å². The first-order chi connectivity index (χ1) is 9.57. The van der Waals surface area contributed by atoms with Crippen molar-refractivity contribution in [1.82, 2.24) is 4.31 Å². The van der Waals surface area contributed by atoms with Crippen molar-refractivity contribution in [3.05, 3.63) is 24.3 Å². The monoisotopic (exact) mass is 296 g/mol. The molecule has 0 amide bonds. The van der Waals surface area contributed by atoms with E-state index in [1.165, 1.54) is 0 Å². The van der Waals surface area contributed by atoms with Crippen LogP contribution >= 0.6 is 0 Å². The molecule has 20 heavy (non-hydrogen) atoms. The summed E-state index contributed by atoms with van der Waals surface area (Å²) in [7, 11) is -3.42. The third-order valence-corrected chi connectivity index (χ3v) is 5.84. The Kier molecular flexibility index (Phi) is 3.70. The second-order valence-corrected chi connectivity index (χ2v) is 7.50. The summed E-state index contributed by atoms with van der Waals surface area (Å²) in [6.45, 7) is 1.98. The summed E-state index contributed by atoms with van der Waals surface area (Å²) in [5.41, 5.74) is 6.20. The van der Waals surface area contributed by atoms with Gasteiger partial charge in [-0.2, -0.15) is 4.31 Å². The van der Waals surface area contributed by atoms with Crippen molar-refractivity contribution in [3.8, 4) is 0 Å². The first-order valence-electron chi connectivity index (χ1n) is 7.02. The van der Waals surface area contributed by atoms with Gasteiger partial charge in [0.25, 0.3) is 0 Å². The first kappa shape index (κ1) is 13.9. The van der Waals surface area contributed by atoms with E-state index in [4.69, 9.17) is 10.5 Å². The summed E-state index contributed by atoms with van der Waals surface area (Å²) in [5.74, 6) is 0.319. The summed E-state index contributed by atoms with van der Waals surface area (Å²) in [4.78, 5) is 0.331. The average Bonchev–Trinajstić information content (AvgIpc) is 3.12. The Morgan fingerprint density at radius 3 is 2.45 bits per heavy atom. The van der Waals surface area contributed by atoms with E-state index in [9.17, 15) is 8.42 Å². The summed E-state index contributed by atoms with van der Waals surface area (Å²) in [6.07, 6.45) is 2.87. The second kappa shape index (κ2) is 5.35. The quantitative estimate of drug-likeness (QED) is 0.835. The Morgan fingerprint density at radius 2 is 1.90 bits per heavy atom. The molecule has 0 aromatic heterocycles. The molecule has 1 aliphatic carbocycles. The summed E-state index contributed by atoms with van der Waals surface area (Å²) >= 11 is 0. The normalized spacial score (nSPS) is 23.4. The predicted octanol–water partition coefficient (Wildman–Crippen LogP) is 1.46. The Labute approximate surface area is 119 Å². The molecule has 1 heterocycles. The van der Waals surface area contributed by atoms with E-state index < -0.39 is 10.0 Å². The molecular weight excluding hydrogens is 276 g/mol. The summed E-state index contributed by atoms with van der Waals surface area (Å²) in [5, 5.41) is 0. The highest BCUT2D eigenvalue weighted by atomic mass is 32.2. The second-order valence-electron chi connectivity index (χ2n) is 5.60. The largest absolute Gasteiger partial charge is 0.399 e. The van der Waals surface area contributed by atoms with Crippen molar-refractivity contribution >= 4 is 15.7 Å². The van der Waals surface area contributed by atoms with E-state index >= 15 is 0 Å². The fraction of sp³-hybridized carbons (Fsp3) is 0.571. The number of nitrogens with zero attached hydrogens (tertiary/aromatic N) is 1. The molecule has 1 aliphatic heterocycles. The number of hydrogen-bond acceptors (Lipinski definition) is 4. The van der Waals surface area contributed by atoms with E-state index in [-0.39, 0.29) is 6.04 Å². The third kappa shape index (κ3) is 2.82. The van der Waals surface area contributed by atoms with Crippen molar-refractivity contribution < 1.29 is 13.2 Å². The number of ether oxygens (including phenoxy) is 1. The van der Waals surface area contributed by atoms with Gasteiger partial charge in [-0.1, -0.05) is 0 Å². The van der Waals surface area contributed by atoms with E-state index in [0.29, 0.717) is 29.7 Å². The molecule has 0 radical (unpaired) electrons. The van der Waals surface area contributed by atoms with Crippen LogP contribution < -0.4 is 5.73 Å². The maximum absolute atomic E-state index is 12.8. The fourth-order valence-corrected chi connectivity index (χ4v) is 4.32. The smallest absolute Gasteiger partial charge is 0.243 e. The molecule has 2 N–H and O–H groups in total. The number of nitrogen functional groups attached to an aromatic ring is 1. The van der Waals surface area contributed by atoms with Crippen LogP contribution in [0.4, 0.5) is 5.69 Å². The zero-order valence-corrected chi connectivity index (χ0v) is 12.2. The van der Waals surface area contributed by atoms with Gasteiger partial charge in [0.1, 0.15) is 0 Å². The molecule has 3 rings (SSSR count). The lowest BCUT2D eigenvalue weighted by atomic mass is 10.1. The zero-order valence-electron chi connectivity index (χ0n) is 11.4. The van der Waals surface area contributed by atoms with Gasteiger partial charge in [0.15, 0.2) is 0 Å². The maximum atomic E-state index is 12.8. The SMILES string of the molecule is Nc1ccc(S(=O)(=O)N(CC2CCOC2)C2CC2)cc1. The molecule has 110 valence electrons. The molecule has 5 nitrogen and oxygen atoms in total. The minimum Gasteiger partial charge on any atom is -0.399 e. The molecule has 0 bridgehead atoms. The molecule has 2 fully saturated rings. The lowest BCUT2D eigenvalue weighted by molar-refractivity contribution is 0.180. The molecule has 0 spiro atoms. The highest BCUT2D eigenvalue weighted by molar-refractivity contribution is 7.89. The van der Waals surface area contributed by atoms with Gasteiger partial charge in [0, 0.05) is 24.9 Å². The van der Waals surface area contributed by atoms with E-state index in [2.05, 4.69) is 0 Å².